The van der Waals surface area contributed by atoms with Crippen LogP contribution in [0.25, 0.3) is 27.5 Å². The van der Waals surface area contributed by atoms with Crippen molar-refractivity contribution < 1.29 is 23.7 Å². The fourth-order valence-electron chi connectivity index (χ4n) is 5.56. The maximum Gasteiger partial charge on any atom is 0.119 e. The Morgan fingerprint density at radius 1 is 0.533 bits per heavy atom. The van der Waals surface area contributed by atoms with Crippen molar-refractivity contribution in [2.24, 2.45) is 0 Å². The molecule has 0 radical (unpaired) electrons. The predicted molar refractivity (Wildman–Crippen MR) is 181 cm³/mol. The van der Waals surface area contributed by atoms with E-state index < -0.39 is 0 Å². The van der Waals surface area contributed by atoms with Gasteiger partial charge in [-0.05, 0) is 104 Å². The number of benzene rings is 5. The van der Waals surface area contributed by atoms with Gasteiger partial charge in [0, 0.05) is 40.1 Å². The molecule has 0 atom stereocenters. The minimum atomic E-state index is 0.489. The van der Waals surface area contributed by atoms with E-state index in [0.717, 1.165) is 51.0 Å². The molecule has 0 spiro atoms. The molecule has 0 aliphatic rings. The molecule has 6 rings (SSSR count). The van der Waals surface area contributed by atoms with Crippen LogP contribution in [0.5, 0.6) is 17.2 Å². The normalized spacial score (nSPS) is 11.2. The first-order valence-corrected chi connectivity index (χ1v) is 15.2. The molecule has 0 unspecified atom stereocenters. The molecule has 0 saturated carbocycles. The van der Waals surface area contributed by atoms with Gasteiger partial charge in [-0.1, -0.05) is 18.2 Å². The Bertz CT molecular complexity index is 1780. The van der Waals surface area contributed by atoms with Gasteiger partial charge in [0.25, 0.3) is 0 Å². The molecule has 6 aromatic rings. The van der Waals surface area contributed by atoms with Crippen molar-refractivity contribution in [1.82, 2.24) is 4.57 Å². The molecule has 0 saturated heterocycles. The number of anilines is 3. The van der Waals surface area contributed by atoms with Gasteiger partial charge in [-0.25, -0.2) is 0 Å². The highest BCUT2D eigenvalue weighted by atomic mass is 16.5. The number of methoxy groups -OCH3 is 2. The van der Waals surface area contributed by atoms with E-state index in [9.17, 15) is 0 Å². The highest BCUT2D eigenvalue weighted by molar-refractivity contribution is 6.10. The Morgan fingerprint density at radius 3 is 1.73 bits per heavy atom. The van der Waals surface area contributed by atoms with Crippen LogP contribution in [0.1, 0.15) is 6.92 Å². The van der Waals surface area contributed by atoms with Gasteiger partial charge in [-0.3, -0.25) is 0 Å². The Balaban J connectivity index is 1.34. The number of hydrogen-bond acceptors (Lipinski definition) is 6. The average molecular weight is 603 g/mol. The molecule has 5 aromatic carbocycles. The lowest BCUT2D eigenvalue weighted by Crippen LogP contribution is -2.10. The number of hydrogen-bond donors (Lipinski definition) is 0. The van der Waals surface area contributed by atoms with Gasteiger partial charge in [0.05, 0.1) is 45.1 Å². The van der Waals surface area contributed by atoms with E-state index >= 15 is 0 Å². The molecule has 7 nitrogen and oxygen atoms in total. The number of rotatable bonds is 14. The van der Waals surface area contributed by atoms with Crippen LogP contribution in [0.4, 0.5) is 17.1 Å². The Hall–Kier alpha value is -4.98. The lowest BCUT2D eigenvalue weighted by molar-refractivity contribution is 0.0405. The molecule has 0 fully saturated rings. The topological polar surface area (TPSA) is 54.3 Å². The lowest BCUT2D eigenvalue weighted by Gasteiger charge is -2.26. The van der Waals surface area contributed by atoms with Gasteiger partial charge in [-0.2, -0.15) is 0 Å². The second-order valence-electron chi connectivity index (χ2n) is 10.4. The SMILES string of the molecule is CCOCCOCCOc1ccc(-n2c3ccccc3c3cc(N(c4ccc(OC)cc4)c4ccc(OC)cc4)ccc32)cc1. The maximum atomic E-state index is 5.92. The Kier molecular flexibility index (Phi) is 9.49. The average Bonchev–Trinajstić information content (AvgIpc) is 3.42. The summed E-state index contributed by atoms with van der Waals surface area (Å²) in [4.78, 5) is 2.25. The summed E-state index contributed by atoms with van der Waals surface area (Å²) < 4.78 is 30.0. The smallest absolute Gasteiger partial charge is 0.119 e. The summed E-state index contributed by atoms with van der Waals surface area (Å²) in [5, 5.41) is 2.35. The fourth-order valence-corrected chi connectivity index (χ4v) is 5.56. The molecule has 230 valence electrons. The molecule has 7 heteroatoms. The van der Waals surface area contributed by atoms with Gasteiger partial charge in [0.15, 0.2) is 0 Å². The number of ether oxygens (including phenoxy) is 5. The summed E-state index contributed by atoms with van der Waals surface area (Å²) in [5.41, 5.74) is 6.44. The first-order valence-electron chi connectivity index (χ1n) is 15.2. The van der Waals surface area contributed by atoms with Crippen molar-refractivity contribution in [2.45, 2.75) is 6.92 Å². The van der Waals surface area contributed by atoms with Crippen LogP contribution < -0.4 is 19.1 Å². The standard InChI is InChI=1S/C38H38N2O5/c1-4-43-23-24-44-25-26-45-34-20-13-30(14-21-34)40-37-8-6-5-7-35(37)36-27-31(15-22-38(36)40)39(28-9-16-32(41-2)17-10-28)29-11-18-33(42-3)19-12-29/h5-22,27H,4,23-26H2,1-3H3. The molecule has 0 N–H and O–H groups in total. The summed E-state index contributed by atoms with van der Waals surface area (Å²) in [5.74, 6) is 2.44. The van der Waals surface area contributed by atoms with Crippen LogP contribution in [0, 0.1) is 0 Å². The summed E-state index contributed by atoms with van der Waals surface area (Å²) in [6, 6.07) is 39.7. The summed E-state index contributed by atoms with van der Waals surface area (Å²) in [6.45, 7) is 4.86. The Labute approximate surface area is 264 Å². The molecule has 0 bridgehead atoms. The third-order valence-electron chi connectivity index (χ3n) is 7.74. The molecular weight excluding hydrogens is 564 g/mol. The van der Waals surface area contributed by atoms with Gasteiger partial charge in [0.1, 0.15) is 23.9 Å². The van der Waals surface area contributed by atoms with E-state index in [-0.39, 0.29) is 0 Å². The van der Waals surface area contributed by atoms with Crippen molar-refractivity contribution >= 4 is 38.9 Å². The van der Waals surface area contributed by atoms with E-state index in [1.807, 2.05) is 43.3 Å². The summed E-state index contributed by atoms with van der Waals surface area (Å²) in [7, 11) is 3.37. The van der Waals surface area contributed by atoms with Crippen LogP contribution in [0.2, 0.25) is 0 Å². The molecule has 0 amide bonds. The zero-order valence-electron chi connectivity index (χ0n) is 25.9. The van der Waals surface area contributed by atoms with Gasteiger partial charge in [-0.15, -0.1) is 0 Å². The highest BCUT2D eigenvalue weighted by Gasteiger charge is 2.17. The van der Waals surface area contributed by atoms with Crippen LogP contribution >= 0.6 is 0 Å². The van der Waals surface area contributed by atoms with E-state index in [1.54, 1.807) is 14.2 Å². The molecule has 1 heterocycles. The minimum absolute atomic E-state index is 0.489. The quantitative estimate of drug-likeness (QED) is 0.116. The summed E-state index contributed by atoms with van der Waals surface area (Å²) in [6.07, 6.45) is 0. The monoisotopic (exact) mass is 602 g/mol. The number of para-hydroxylation sites is 1. The van der Waals surface area contributed by atoms with E-state index in [2.05, 4.69) is 88.3 Å². The van der Waals surface area contributed by atoms with Gasteiger partial charge < -0.3 is 33.2 Å². The lowest BCUT2D eigenvalue weighted by atomic mass is 10.1. The zero-order chi connectivity index (χ0) is 31.0. The second-order valence-corrected chi connectivity index (χ2v) is 10.4. The number of nitrogens with zero attached hydrogens (tertiary/aromatic N) is 2. The zero-order valence-corrected chi connectivity index (χ0v) is 25.9. The van der Waals surface area contributed by atoms with Crippen molar-refractivity contribution in [3.05, 3.63) is 115 Å². The molecule has 0 aliphatic carbocycles. The van der Waals surface area contributed by atoms with Crippen LogP contribution in [-0.4, -0.2) is 51.8 Å². The predicted octanol–water partition coefficient (Wildman–Crippen LogP) is 8.70. The van der Waals surface area contributed by atoms with Gasteiger partial charge in [0.2, 0.25) is 0 Å². The Morgan fingerprint density at radius 2 is 1.09 bits per heavy atom. The van der Waals surface area contributed by atoms with E-state index in [0.29, 0.717) is 33.0 Å². The van der Waals surface area contributed by atoms with E-state index in [4.69, 9.17) is 23.7 Å². The van der Waals surface area contributed by atoms with Crippen molar-refractivity contribution in [3.8, 4) is 22.9 Å². The van der Waals surface area contributed by atoms with Crippen LogP contribution in [-0.2, 0) is 9.47 Å². The minimum Gasteiger partial charge on any atom is -0.497 e. The van der Waals surface area contributed by atoms with Gasteiger partial charge >= 0.3 is 0 Å². The van der Waals surface area contributed by atoms with Crippen molar-refractivity contribution in [3.63, 3.8) is 0 Å². The highest BCUT2D eigenvalue weighted by Crippen LogP contribution is 2.40. The first-order chi connectivity index (χ1) is 22.2. The van der Waals surface area contributed by atoms with Crippen molar-refractivity contribution in [1.29, 1.82) is 0 Å². The molecule has 1 aromatic heterocycles. The fraction of sp³-hybridized carbons (Fsp3) is 0.211. The molecule has 0 aliphatic heterocycles. The van der Waals surface area contributed by atoms with E-state index in [1.165, 1.54) is 10.8 Å². The van der Waals surface area contributed by atoms with Crippen LogP contribution in [0.15, 0.2) is 115 Å². The number of fused-ring (bicyclic) bond motifs is 3. The third kappa shape index (κ3) is 6.60. The second kappa shape index (κ2) is 14.2. The third-order valence-corrected chi connectivity index (χ3v) is 7.74. The first kappa shape index (κ1) is 30.1. The van der Waals surface area contributed by atoms with Crippen molar-refractivity contribution in [2.75, 3.05) is 52.2 Å². The van der Waals surface area contributed by atoms with Crippen LogP contribution in [0.3, 0.4) is 0 Å². The number of aromatic nitrogens is 1. The largest absolute Gasteiger partial charge is 0.497 e. The maximum absolute atomic E-state index is 5.92. The molecular formula is C38H38N2O5. The molecule has 45 heavy (non-hydrogen) atoms. The summed E-state index contributed by atoms with van der Waals surface area (Å²) >= 11 is 0.